The van der Waals surface area contributed by atoms with Crippen molar-refractivity contribution in [3.63, 3.8) is 0 Å². The molecule has 0 saturated carbocycles. The van der Waals surface area contributed by atoms with E-state index in [4.69, 9.17) is 0 Å². The fourth-order valence-electron chi connectivity index (χ4n) is 1.18. The normalized spacial score (nSPS) is 12.5. The van der Waals surface area contributed by atoms with E-state index in [9.17, 15) is 13.2 Å². The van der Waals surface area contributed by atoms with Crippen LogP contribution in [-0.4, -0.2) is 9.78 Å². The molecule has 1 aromatic heterocycles. The van der Waals surface area contributed by atoms with Gasteiger partial charge >= 0.3 is 6.18 Å². The Balaban J connectivity index is 2.94. The topological polar surface area (TPSA) is 17.8 Å². The van der Waals surface area contributed by atoms with Gasteiger partial charge in [0.15, 0.2) is 5.69 Å². The molecule has 0 saturated heterocycles. The van der Waals surface area contributed by atoms with Crippen LogP contribution in [0.15, 0.2) is 6.07 Å². The van der Waals surface area contributed by atoms with Gasteiger partial charge in [0.05, 0.1) is 0 Å². The van der Waals surface area contributed by atoms with Gasteiger partial charge in [-0.1, -0.05) is 13.8 Å². The summed E-state index contributed by atoms with van der Waals surface area (Å²) >= 11 is 0. The monoisotopic (exact) mass is 206 g/mol. The third kappa shape index (κ3) is 2.49. The fraction of sp³-hybridized carbons (Fsp3) is 0.667. The predicted octanol–water partition coefficient (Wildman–Crippen LogP) is 2.87. The summed E-state index contributed by atoms with van der Waals surface area (Å²) in [7, 11) is 0. The molecule has 0 radical (unpaired) electrons. The van der Waals surface area contributed by atoms with Gasteiger partial charge in [0, 0.05) is 12.2 Å². The summed E-state index contributed by atoms with van der Waals surface area (Å²) in [5.74, 6) is 0.287. The van der Waals surface area contributed by atoms with E-state index < -0.39 is 11.9 Å². The molecule has 0 unspecified atom stereocenters. The van der Waals surface area contributed by atoms with E-state index in [2.05, 4.69) is 5.10 Å². The summed E-state index contributed by atoms with van der Waals surface area (Å²) in [6.45, 7) is 6.02. The van der Waals surface area contributed by atoms with Gasteiger partial charge in [-0.2, -0.15) is 18.3 Å². The first-order chi connectivity index (χ1) is 6.30. The van der Waals surface area contributed by atoms with Crippen molar-refractivity contribution in [3.05, 3.63) is 17.5 Å². The zero-order chi connectivity index (χ0) is 10.9. The van der Waals surface area contributed by atoms with E-state index in [0.29, 0.717) is 12.2 Å². The Morgan fingerprint density at radius 2 is 2.00 bits per heavy atom. The maximum Gasteiger partial charge on any atom is 0.435 e. The number of aromatic nitrogens is 2. The molecule has 1 rings (SSSR count). The average Bonchev–Trinajstić information content (AvgIpc) is 2.30. The highest BCUT2D eigenvalue weighted by atomic mass is 19.4. The lowest BCUT2D eigenvalue weighted by atomic mass is 10.2. The first-order valence-corrected chi connectivity index (χ1v) is 4.42. The van der Waals surface area contributed by atoms with Gasteiger partial charge in [-0.05, 0) is 18.9 Å². The molecule has 0 amide bonds. The van der Waals surface area contributed by atoms with Crippen molar-refractivity contribution in [3.8, 4) is 0 Å². The highest BCUT2D eigenvalue weighted by Gasteiger charge is 2.34. The Bertz CT molecular complexity index is 312. The van der Waals surface area contributed by atoms with Gasteiger partial charge in [-0.25, -0.2) is 0 Å². The number of nitrogens with zero attached hydrogens (tertiary/aromatic N) is 2. The highest BCUT2D eigenvalue weighted by Crippen LogP contribution is 2.28. The number of alkyl halides is 3. The minimum Gasteiger partial charge on any atom is -0.269 e. The van der Waals surface area contributed by atoms with Crippen LogP contribution in [0.1, 0.15) is 25.2 Å². The average molecular weight is 206 g/mol. The maximum absolute atomic E-state index is 12.2. The molecule has 0 aliphatic heterocycles. The lowest BCUT2D eigenvalue weighted by molar-refractivity contribution is -0.141. The molecule has 0 N–H and O–H groups in total. The van der Waals surface area contributed by atoms with Crippen LogP contribution < -0.4 is 0 Å². The first-order valence-electron chi connectivity index (χ1n) is 4.42. The zero-order valence-corrected chi connectivity index (χ0v) is 8.39. The van der Waals surface area contributed by atoms with Crippen molar-refractivity contribution >= 4 is 0 Å². The fourth-order valence-corrected chi connectivity index (χ4v) is 1.18. The van der Waals surface area contributed by atoms with Crippen LogP contribution >= 0.6 is 0 Å². The zero-order valence-electron chi connectivity index (χ0n) is 8.39. The standard InChI is InChI=1S/C9H13F3N2/c1-6(2)5-14-7(3)4-8(13-14)9(10,11)12/h4,6H,5H2,1-3H3. The van der Waals surface area contributed by atoms with E-state index in [1.807, 2.05) is 13.8 Å². The Morgan fingerprint density at radius 3 is 2.36 bits per heavy atom. The molecule has 1 aromatic rings. The molecule has 1 heterocycles. The summed E-state index contributed by atoms with van der Waals surface area (Å²) in [6.07, 6.45) is -4.34. The molecular weight excluding hydrogens is 193 g/mol. The Morgan fingerprint density at radius 1 is 1.43 bits per heavy atom. The number of aryl methyl sites for hydroxylation is 1. The molecular formula is C9H13F3N2. The molecule has 0 aromatic carbocycles. The van der Waals surface area contributed by atoms with Crippen molar-refractivity contribution in [1.82, 2.24) is 9.78 Å². The van der Waals surface area contributed by atoms with Gasteiger partial charge in [-0.3, -0.25) is 4.68 Å². The molecule has 0 spiro atoms. The van der Waals surface area contributed by atoms with Crippen molar-refractivity contribution < 1.29 is 13.2 Å². The van der Waals surface area contributed by atoms with Crippen LogP contribution in [0.2, 0.25) is 0 Å². The van der Waals surface area contributed by atoms with Gasteiger partial charge < -0.3 is 0 Å². The molecule has 0 bridgehead atoms. The quantitative estimate of drug-likeness (QED) is 0.727. The lowest BCUT2D eigenvalue weighted by Gasteiger charge is -2.06. The van der Waals surface area contributed by atoms with E-state index in [0.717, 1.165) is 6.07 Å². The largest absolute Gasteiger partial charge is 0.435 e. The summed E-state index contributed by atoms with van der Waals surface area (Å²) in [6, 6.07) is 1.07. The first kappa shape index (κ1) is 11.1. The van der Waals surface area contributed by atoms with Crippen LogP contribution in [0.25, 0.3) is 0 Å². The second-order valence-electron chi connectivity index (χ2n) is 3.74. The number of halogens is 3. The lowest BCUT2D eigenvalue weighted by Crippen LogP contribution is -2.11. The summed E-state index contributed by atoms with van der Waals surface area (Å²) < 4.78 is 38.1. The molecule has 0 fully saturated rings. The molecule has 0 aliphatic carbocycles. The smallest absolute Gasteiger partial charge is 0.269 e. The van der Waals surface area contributed by atoms with E-state index in [1.165, 1.54) is 4.68 Å². The van der Waals surface area contributed by atoms with Crippen LogP contribution in [0.4, 0.5) is 13.2 Å². The Hall–Kier alpha value is -1.00. The van der Waals surface area contributed by atoms with Crippen LogP contribution in [0.3, 0.4) is 0 Å². The molecule has 14 heavy (non-hydrogen) atoms. The Kier molecular flexibility index (Phi) is 2.87. The second kappa shape index (κ2) is 3.63. The molecule has 5 heteroatoms. The summed E-state index contributed by atoms with van der Waals surface area (Å²) in [5, 5.41) is 3.51. The third-order valence-corrected chi connectivity index (χ3v) is 1.81. The van der Waals surface area contributed by atoms with Crippen molar-refractivity contribution in [2.75, 3.05) is 0 Å². The van der Waals surface area contributed by atoms with Crippen molar-refractivity contribution in [1.29, 1.82) is 0 Å². The number of rotatable bonds is 2. The minimum absolute atomic E-state index is 0.287. The SMILES string of the molecule is Cc1cc(C(F)(F)F)nn1CC(C)C. The molecule has 0 aliphatic rings. The van der Waals surface area contributed by atoms with Crippen molar-refractivity contribution in [2.45, 2.75) is 33.5 Å². The number of hydrogen-bond donors (Lipinski definition) is 0. The maximum atomic E-state index is 12.2. The van der Waals surface area contributed by atoms with Crippen LogP contribution in [-0.2, 0) is 12.7 Å². The van der Waals surface area contributed by atoms with E-state index in [-0.39, 0.29) is 5.92 Å². The molecule has 2 nitrogen and oxygen atoms in total. The van der Waals surface area contributed by atoms with Crippen molar-refractivity contribution in [2.24, 2.45) is 5.92 Å². The van der Waals surface area contributed by atoms with Gasteiger partial charge in [-0.15, -0.1) is 0 Å². The van der Waals surface area contributed by atoms with Crippen LogP contribution in [0.5, 0.6) is 0 Å². The highest BCUT2D eigenvalue weighted by molar-refractivity contribution is 5.11. The summed E-state index contributed by atoms with van der Waals surface area (Å²) in [4.78, 5) is 0. The molecule has 80 valence electrons. The Labute approximate surface area is 80.7 Å². The van der Waals surface area contributed by atoms with Gasteiger partial charge in [0.25, 0.3) is 0 Å². The minimum atomic E-state index is -4.34. The van der Waals surface area contributed by atoms with Crippen LogP contribution in [0, 0.1) is 12.8 Å². The van der Waals surface area contributed by atoms with Gasteiger partial charge in [0.2, 0.25) is 0 Å². The van der Waals surface area contributed by atoms with E-state index in [1.54, 1.807) is 6.92 Å². The van der Waals surface area contributed by atoms with Gasteiger partial charge in [0.1, 0.15) is 0 Å². The molecule has 0 atom stereocenters. The summed E-state index contributed by atoms with van der Waals surface area (Å²) in [5.41, 5.74) is -0.262. The van der Waals surface area contributed by atoms with E-state index >= 15 is 0 Å². The third-order valence-electron chi connectivity index (χ3n) is 1.81. The predicted molar refractivity (Wildman–Crippen MR) is 46.8 cm³/mol. The second-order valence-corrected chi connectivity index (χ2v) is 3.74. The number of hydrogen-bond acceptors (Lipinski definition) is 1.